The number of rotatable bonds is 4. The highest BCUT2D eigenvalue weighted by Crippen LogP contribution is 2.24. The summed E-state index contributed by atoms with van der Waals surface area (Å²) in [5.74, 6) is 1.48. The van der Waals surface area contributed by atoms with Crippen LogP contribution in [0.3, 0.4) is 0 Å². The van der Waals surface area contributed by atoms with Crippen molar-refractivity contribution >= 4 is 5.84 Å². The van der Waals surface area contributed by atoms with Gasteiger partial charge in [0.25, 0.3) is 0 Å². The third-order valence-electron chi connectivity index (χ3n) is 2.31. The largest absolute Gasteiger partial charge is 0.494 e. The molecule has 1 aromatic rings. The molecule has 0 aliphatic heterocycles. The minimum atomic E-state index is 0.459. The van der Waals surface area contributed by atoms with Crippen molar-refractivity contribution in [1.82, 2.24) is 0 Å². The summed E-state index contributed by atoms with van der Waals surface area (Å²) in [7, 11) is 0. The van der Waals surface area contributed by atoms with Crippen LogP contribution in [0.1, 0.15) is 25.3 Å². The van der Waals surface area contributed by atoms with Crippen molar-refractivity contribution in [3.05, 3.63) is 29.8 Å². The lowest BCUT2D eigenvalue weighted by atomic mass is 10.2. The maximum Gasteiger partial charge on any atom is 0.126 e. The van der Waals surface area contributed by atoms with Gasteiger partial charge in [-0.3, -0.25) is 4.99 Å². The predicted octanol–water partition coefficient (Wildman–Crippen LogP) is 1.95. The summed E-state index contributed by atoms with van der Waals surface area (Å²) in [5, 5.41) is 0. The highest BCUT2D eigenvalue weighted by atomic mass is 16.5. The first-order valence-corrected chi connectivity index (χ1v) is 5.36. The van der Waals surface area contributed by atoms with E-state index in [1.807, 2.05) is 31.2 Å². The monoisotopic (exact) mass is 204 g/mol. The third kappa shape index (κ3) is 2.72. The van der Waals surface area contributed by atoms with Crippen molar-refractivity contribution in [1.29, 1.82) is 0 Å². The normalized spacial score (nSPS) is 16.5. The van der Waals surface area contributed by atoms with E-state index in [1.54, 1.807) is 0 Å². The molecule has 15 heavy (non-hydrogen) atoms. The standard InChI is InChI=1S/C12H16N2O/c1-2-15-11-5-3-4-9(8-11)12(13)14-10-6-7-10/h3-5,8,10H,2,6-7H2,1H3,(H2,13,14). The molecule has 0 atom stereocenters. The lowest BCUT2D eigenvalue weighted by molar-refractivity contribution is 0.340. The number of aliphatic imine (C=N–C) groups is 1. The van der Waals surface area contributed by atoms with Crippen molar-refractivity contribution in [2.24, 2.45) is 10.7 Å². The lowest BCUT2D eigenvalue weighted by Gasteiger charge is -2.05. The Morgan fingerprint density at radius 2 is 2.33 bits per heavy atom. The quantitative estimate of drug-likeness (QED) is 0.602. The van der Waals surface area contributed by atoms with Gasteiger partial charge in [0.15, 0.2) is 0 Å². The van der Waals surface area contributed by atoms with Crippen LogP contribution in [0.2, 0.25) is 0 Å². The molecule has 0 saturated heterocycles. The summed E-state index contributed by atoms with van der Waals surface area (Å²) in [5.41, 5.74) is 6.85. The number of hydrogen-bond acceptors (Lipinski definition) is 2. The highest BCUT2D eigenvalue weighted by Gasteiger charge is 2.20. The molecule has 1 aliphatic rings. The molecule has 0 heterocycles. The number of amidine groups is 1. The Morgan fingerprint density at radius 1 is 1.53 bits per heavy atom. The van der Waals surface area contributed by atoms with Crippen molar-refractivity contribution in [2.75, 3.05) is 6.61 Å². The Morgan fingerprint density at radius 3 is 3.00 bits per heavy atom. The number of nitrogens with two attached hydrogens (primary N) is 1. The maximum atomic E-state index is 5.90. The summed E-state index contributed by atoms with van der Waals surface area (Å²) in [4.78, 5) is 4.40. The van der Waals surface area contributed by atoms with Gasteiger partial charge < -0.3 is 10.5 Å². The molecular formula is C12H16N2O. The molecule has 1 fully saturated rings. The summed E-state index contributed by atoms with van der Waals surface area (Å²) in [6.07, 6.45) is 2.34. The highest BCUT2D eigenvalue weighted by molar-refractivity contribution is 5.98. The van der Waals surface area contributed by atoms with E-state index in [0.717, 1.165) is 11.3 Å². The minimum absolute atomic E-state index is 0.459. The zero-order chi connectivity index (χ0) is 10.7. The second kappa shape index (κ2) is 4.34. The van der Waals surface area contributed by atoms with E-state index in [4.69, 9.17) is 10.5 Å². The van der Waals surface area contributed by atoms with Crippen LogP contribution in [0.5, 0.6) is 5.75 Å². The zero-order valence-electron chi connectivity index (χ0n) is 8.94. The lowest BCUT2D eigenvalue weighted by Crippen LogP contribution is -2.14. The molecule has 0 amide bonds. The maximum absolute atomic E-state index is 5.90. The molecule has 0 unspecified atom stereocenters. The average Bonchev–Trinajstić information content (AvgIpc) is 3.03. The van der Waals surface area contributed by atoms with Crippen molar-refractivity contribution in [2.45, 2.75) is 25.8 Å². The van der Waals surface area contributed by atoms with Gasteiger partial charge in [-0.25, -0.2) is 0 Å². The average molecular weight is 204 g/mol. The van der Waals surface area contributed by atoms with E-state index in [0.29, 0.717) is 18.5 Å². The van der Waals surface area contributed by atoms with Gasteiger partial charge in [-0.05, 0) is 31.9 Å². The second-order valence-electron chi connectivity index (χ2n) is 3.71. The van der Waals surface area contributed by atoms with Crippen LogP contribution in [0.25, 0.3) is 0 Å². The molecule has 2 N–H and O–H groups in total. The summed E-state index contributed by atoms with van der Waals surface area (Å²) in [6.45, 7) is 2.64. The SMILES string of the molecule is CCOc1cccc(C(N)=NC2CC2)c1. The number of nitrogens with zero attached hydrogens (tertiary/aromatic N) is 1. The van der Waals surface area contributed by atoms with Gasteiger partial charge in [-0.15, -0.1) is 0 Å². The van der Waals surface area contributed by atoms with Crippen LogP contribution in [0.4, 0.5) is 0 Å². The van der Waals surface area contributed by atoms with Gasteiger partial charge in [0, 0.05) is 5.56 Å². The van der Waals surface area contributed by atoms with E-state index < -0.39 is 0 Å². The molecule has 3 heteroatoms. The molecule has 80 valence electrons. The Labute approximate surface area is 90.0 Å². The van der Waals surface area contributed by atoms with Gasteiger partial charge in [0.2, 0.25) is 0 Å². The van der Waals surface area contributed by atoms with Gasteiger partial charge in [0.05, 0.1) is 12.6 Å². The zero-order valence-corrected chi connectivity index (χ0v) is 8.94. The number of ether oxygens (including phenoxy) is 1. The van der Waals surface area contributed by atoms with Crippen molar-refractivity contribution in [3.8, 4) is 5.75 Å². The van der Waals surface area contributed by atoms with E-state index >= 15 is 0 Å². The first kappa shape index (κ1) is 10.0. The third-order valence-corrected chi connectivity index (χ3v) is 2.31. The predicted molar refractivity (Wildman–Crippen MR) is 61.4 cm³/mol. The van der Waals surface area contributed by atoms with Gasteiger partial charge >= 0.3 is 0 Å². The first-order valence-electron chi connectivity index (χ1n) is 5.36. The summed E-state index contributed by atoms with van der Waals surface area (Å²) in [6, 6.07) is 8.22. The number of benzene rings is 1. The minimum Gasteiger partial charge on any atom is -0.494 e. The molecule has 1 saturated carbocycles. The van der Waals surface area contributed by atoms with E-state index in [1.165, 1.54) is 12.8 Å². The Kier molecular flexibility index (Phi) is 2.90. The fourth-order valence-corrected chi connectivity index (χ4v) is 1.39. The van der Waals surface area contributed by atoms with Crippen molar-refractivity contribution < 1.29 is 4.74 Å². The second-order valence-corrected chi connectivity index (χ2v) is 3.71. The van der Waals surface area contributed by atoms with E-state index in [9.17, 15) is 0 Å². The fraction of sp³-hybridized carbons (Fsp3) is 0.417. The number of hydrogen-bond donors (Lipinski definition) is 1. The molecule has 0 aromatic heterocycles. The Bertz CT molecular complexity index is 370. The van der Waals surface area contributed by atoms with Crippen molar-refractivity contribution in [3.63, 3.8) is 0 Å². The van der Waals surface area contributed by atoms with Crippen LogP contribution in [-0.4, -0.2) is 18.5 Å². The van der Waals surface area contributed by atoms with E-state index in [2.05, 4.69) is 4.99 Å². The topological polar surface area (TPSA) is 47.6 Å². The van der Waals surface area contributed by atoms with Gasteiger partial charge in [-0.2, -0.15) is 0 Å². The first-order chi connectivity index (χ1) is 7.29. The molecule has 3 nitrogen and oxygen atoms in total. The van der Waals surface area contributed by atoms with Crippen LogP contribution < -0.4 is 10.5 Å². The molecule has 1 aromatic carbocycles. The van der Waals surface area contributed by atoms with Gasteiger partial charge in [-0.1, -0.05) is 12.1 Å². The Balaban J connectivity index is 2.15. The summed E-state index contributed by atoms with van der Waals surface area (Å²) >= 11 is 0. The van der Waals surface area contributed by atoms with Gasteiger partial charge in [0.1, 0.15) is 11.6 Å². The van der Waals surface area contributed by atoms with E-state index in [-0.39, 0.29) is 0 Å². The van der Waals surface area contributed by atoms with Crippen LogP contribution in [-0.2, 0) is 0 Å². The molecule has 1 aliphatic carbocycles. The van der Waals surface area contributed by atoms with Crippen LogP contribution in [0.15, 0.2) is 29.3 Å². The molecular weight excluding hydrogens is 188 g/mol. The Hall–Kier alpha value is -1.51. The molecule has 0 spiro atoms. The summed E-state index contributed by atoms with van der Waals surface area (Å²) < 4.78 is 5.41. The molecule has 0 radical (unpaired) electrons. The molecule has 2 rings (SSSR count). The fourth-order valence-electron chi connectivity index (χ4n) is 1.39. The molecule has 0 bridgehead atoms. The smallest absolute Gasteiger partial charge is 0.126 e. The van der Waals surface area contributed by atoms with Crippen LogP contribution in [0, 0.1) is 0 Å². The van der Waals surface area contributed by atoms with Crippen LogP contribution >= 0.6 is 0 Å².